The lowest BCUT2D eigenvalue weighted by Crippen LogP contribution is -2.28. The first-order valence-electron chi connectivity index (χ1n) is 5.87. The van der Waals surface area contributed by atoms with E-state index in [0.717, 1.165) is 19.5 Å². The van der Waals surface area contributed by atoms with Crippen molar-refractivity contribution < 1.29 is 8.42 Å². The highest BCUT2D eigenvalue weighted by Gasteiger charge is 2.34. The van der Waals surface area contributed by atoms with Gasteiger partial charge in [0, 0.05) is 24.5 Å². The van der Waals surface area contributed by atoms with E-state index in [-0.39, 0.29) is 0 Å². The van der Waals surface area contributed by atoms with Crippen LogP contribution in [0.2, 0.25) is 0 Å². The van der Waals surface area contributed by atoms with Crippen molar-refractivity contribution in [1.82, 2.24) is 4.90 Å². The molecule has 1 saturated heterocycles. The number of amidine groups is 1. The second-order valence-electron chi connectivity index (χ2n) is 4.64. The fourth-order valence-electron chi connectivity index (χ4n) is 2.47. The predicted molar refractivity (Wildman–Crippen MR) is 70.6 cm³/mol. The molecule has 2 heterocycles. The summed E-state index contributed by atoms with van der Waals surface area (Å²) in [5, 5.41) is 0. The fourth-order valence-corrected chi connectivity index (χ4v) is 3.95. The van der Waals surface area contributed by atoms with E-state index in [1.165, 1.54) is 0 Å². The number of sulfonamides is 1. The molecule has 1 fully saturated rings. The molecule has 0 amide bonds. The predicted octanol–water partition coefficient (Wildman–Crippen LogP) is 1.70. The van der Waals surface area contributed by atoms with Crippen molar-refractivity contribution in [2.75, 3.05) is 19.0 Å². The minimum absolute atomic E-state index is 0.314. The van der Waals surface area contributed by atoms with Crippen molar-refractivity contribution in [2.45, 2.75) is 11.3 Å². The van der Waals surface area contributed by atoms with Crippen molar-refractivity contribution in [3.63, 3.8) is 0 Å². The van der Waals surface area contributed by atoms with Gasteiger partial charge < -0.3 is 4.90 Å². The zero-order valence-electron chi connectivity index (χ0n) is 9.71. The summed E-state index contributed by atoms with van der Waals surface area (Å²) in [6.07, 6.45) is 0.991. The average Bonchev–Trinajstić information content (AvgIpc) is 2.93. The van der Waals surface area contributed by atoms with Crippen LogP contribution in [0.15, 0.2) is 33.6 Å². The smallest absolute Gasteiger partial charge is 0.285 e. The summed E-state index contributed by atoms with van der Waals surface area (Å²) in [5.74, 6) is 1.61. The van der Waals surface area contributed by atoms with E-state index in [4.69, 9.17) is 11.6 Å². The van der Waals surface area contributed by atoms with Crippen molar-refractivity contribution in [2.24, 2.45) is 10.3 Å². The average molecular weight is 285 g/mol. The third-order valence-corrected chi connectivity index (χ3v) is 5.18. The van der Waals surface area contributed by atoms with Crippen molar-refractivity contribution in [3.05, 3.63) is 29.8 Å². The summed E-state index contributed by atoms with van der Waals surface area (Å²) < 4.78 is 27.8. The molecule has 2 aliphatic heterocycles. The molecule has 0 spiro atoms. The molecular formula is C12H13ClN2O2S. The van der Waals surface area contributed by atoms with Crippen LogP contribution in [0, 0.1) is 5.92 Å². The topological polar surface area (TPSA) is 49.7 Å². The highest BCUT2D eigenvalue weighted by atomic mass is 35.5. The molecule has 96 valence electrons. The standard InChI is InChI=1S/C12H13ClN2O2S/c13-7-9-5-6-15(8-9)12-10-3-1-2-4-11(10)18(16,17)14-12/h1-4,9H,5-8H2. The molecule has 1 aromatic carbocycles. The Morgan fingerprint density at radius 1 is 1.39 bits per heavy atom. The van der Waals surface area contributed by atoms with Crippen molar-refractivity contribution in [1.29, 1.82) is 0 Å². The minimum atomic E-state index is -3.50. The molecule has 0 radical (unpaired) electrons. The molecule has 0 N–H and O–H groups in total. The summed E-state index contributed by atoms with van der Waals surface area (Å²) >= 11 is 5.85. The molecule has 6 heteroatoms. The van der Waals surface area contributed by atoms with Gasteiger partial charge in [0.05, 0.1) is 0 Å². The quantitative estimate of drug-likeness (QED) is 0.738. The maximum Gasteiger partial charge on any atom is 0.285 e. The van der Waals surface area contributed by atoms with E-state index in [2.05, 4.69) is 4.40 Å². The van der Waals surface area contributed by atoms with Crippen LogP contribution in [0.1, 0.15) is 12.0 Å². The molecule has 4 nitrogen and oxygen atoms in total. The van der Waals surface area contributed by atoms with Gasteiger partial charge in [0.15, 0.2) is 5.84 Å². The zero-order chi connectivity index (χ0) is 12.8. The van der Waals surface area contributed by atoms with E-state index in [9.17, 15) is 8.42 Å². The van der Waals surface area contributed by atoms with Gasteiger partial charge in [-0.15, -0.1) is 16.0 Å². The van der Waals surface area contributed by atoms with Crippen LogP contribution < -0.4 is 0 Å². The van der Waals surface area contributed by atoms with Crippen molar-refractivity contribution in [3.8, 4) is 0 Å². The fraction of sp³-hybridized carbons (Fsp3) is 0.417. The number of rotatable bonds is 1. The first kappa shape index (κ1) is 12.0. The van der Waals surface area contributed by atoms with Gasteiger partial charge in [-0.2, -0.15) is 8.42 Å². The maximum absolute atomic E-state index is 11.9. The summed E-state index contributed by atoms with van der Waals surface area (Å²) in [5.41, 5.74) is 0.715. The number of benzene rings is 1. The Balaban J connectivity index is 2.00. The number of hydrogen-bond donors (Lipinski definition) is 0. The lowest BCUT2D eigenvalue weighted by atomic mass is 10.1. The Bertz CT molecular complexity index is 612. The first-order chi connectivity index (χ1) is 8.62. The van der Waals surface area contributed by atoms with Crippen LogP contribution in [0.3, 0.4) is 0 Å². The van der Waals surface area contributed by atoms with Gasteiger partial charge in [-0.05, 0) is 24.5 Å². The molecular weight excluding hydrogens is 272 g/mol. The normalized spacial score (nSPS) is 25.1. The second-order valence-corrected chi connectivity index (χ2v) is 6.52. The van der Waals surface area contributed by atoms with Crippen molar-refractivity contribution >= 4 is 27.5 Å². The largest absolute Gasteiger partial charge is 0.355 e. The number of alkyl halides is 1. The molecule has 1 aromatic rings. The lowest BCUT2D eigenvalue weighted by Gasteiger charge is -2.17. The van der Waals surface area contributed by atoms with Crippen LogP contribution in [0.4, 0.5) is 0 Å². The molecule has 0 saturated carbocycles. The van der Waals surface area contributed by atoms with Gasteiger partial charge in [0.2, 0.25) is 0 Å². The van der Waals surface area contributed by atoms with Gasteiger partial charge >= 0.3 is 0 Å². The molecule has 3 rings (SSSR count). The van der Waals surface area contributed by atoms with Gasteiger partial charge in [0.25, 0.3) is 10.0 Å². The van der Waals surface area contributed by atoms with Crippen LogP contribution in [0.25, 0.3) is 0 Å². The summed E-state index contributed by atoms with van der Waals surface area (Å²) in [6, 6.07) is 6.98. The molecule has 0 bridgehead atoms. The number of fused-ring (bicyclic) bond motifs is 1. The summed E-state index contributed by atoms with van der Waals surface area (Å²) in [7, 11) is -3.50. The van der Waals surface area contributed by atoms with Gasteiger partial charge in [0.1, 0.15) is 4.90 Å². The Morgan fingerprint density at radius 3 is 2.89 bits per heavy atom. The number of halogens is 1. The Hall–Kier alpha value is -1.07. The van der Waals surface area contributed by atoms with E-state index >= 15 is 0 Å². The maximum atomic E-state index is 11.9. The van der Waals surface area contributed by atoms with Crippen LogP contribution >= 0.6 is 11.6 Å². The second kappa shape index (κ2) is 4.24. The summed E-state index contributed by atoms with van der Waals surface area (Å²) in [4.78, 5) is 2.34. The molecule has 2 aliphatic rings. The van der Waals surface area contributed by atoms with Gasteiger partial charge in [-0.25, -0.2) is 0 Å². The van der Waals surface area contributed by atoms with E-state index in [1.54, 1.807) is 12.1 Å². The summed E-state index contributed by atoms with van der Waals surface area (Å²) in [6.45, 7) is 1.60. The monoisotopic (exact) mass is 284 g/mol. The molecule has 1 unspecified atom stereocenters. The highest BCUT2D eigenvalue weighted by Crippen LogP contribution is 2.30. The van der Waals surface area contributed by atoms with Crippen LogP contribution in [0.5, 0.6) is 0 Å². The van der Waals surface area contributed by atoms with E-state index in [1.807, 2.05) is 17.0 Å². The zero-order valence-corrected chi connectivity index (χ0v) is 11.3. The Morgan fingerprint density at radius 2 is 2.17 bits per heavy atom. The Labute approximate surface area is 111 Å². The van der Waals surface area contributed by atoms with Crippen LogP contribution in [-0.4, -0.2) is 38.1 Å². The number of hydrogen-bond acceptors (Lipinski definition) is 3. The van der Waals surface area contributed by atoms with Gasteiger partial charge in [-0.3, -0.25) is 0 Å². The number of nitrogens with zero attached hydrogens (tertiary/aromatic N) is 2. The molecule has 0 aliphatic carbocycles. The van der Waals surface area contributed by atoms with E-state index in [0.29, 0.717) is 28.1 Å². The first-order valence-corrected chi connectivity index (χ1v) is 7.84. The highest BCUT2D eigenvalue weighted by molar-refractivity contribution is 7.90. The van der Waals surface area contributed by atoms with E-state index < -0.39 is 10.0 Å². The molecule has 18 heavy (non-hydrogen) atoms. The van der Waals surface area contributed by atoms with Crippen LogP contribution in [-0.2, 0) is 10.0 Å². The lowest BCUT2D eigenvalue weighted by molar-refractivity contribution is 0.497. The molecule has 0 aromatic heterocycles. The third-order valence-electron chi connectivity index (χ3n) is 3.42. The van der Waals surface area contributed by atoms with Gasteiger partial charge in [-0.1, -0.05) is 12.1 Å². The SMILES string of the molecule is O=S1(=O)N=C(N2CCC(CCl)C2)c2ccccc21. The minimum Gasteiger partial charge on any atom is -0.355 e. The number of likely N-dealkylation sites (tertiary alicyclic amines) is 1. The Kier molecular flexibility index (Phi) is 2.83. The molecule has 1 atom stereocenters. The third kappa shape index (κ3) is 1.82.